The first kappa shape index (κ1) is 15.0. The molecular formula is C14H24BrN3O. The van der Waals surface area contributed by atoms with Crippen molar-refractivity contribution < 1.29 is 4.74 Å². The number of halogens is 1. The van der Waals surface area contributed by atoms with Crippen molar-refractivity contribution in [3.8, 4) is 0 Å². The highest BCUT2D eigenvalue weighted by Gasteiger charge is 2.29. The highest BCUT2D eigenvalue weighted by molar-refractivity contribution is 9.10. The summed E-state index contributed by atoms with van der Waals surface area (Å²) >= 11 is 3.66. The van der Waals surface area contributed by atoms with Gasteiger partial charge in [-0.15, -0.1) is 0 Å². The van der Waals surface area contributed by atoms with E-state index >= 15 is 0 Å². The lowest BCUT2D eigenvalue weighted by atomic mass is 9.82. The smallest absolute Gasteiger partial charge is 0.0900 e. The molecule has 4 nitrogen and oxygen atoms in total. The van der Waals surface area contributed by atoms with Gasteiger partial charge in [0, 0.05) is 6.54 Å². The third-order valence-corrected chi connectivity index (χ3v) is 4.75. The van der Waals surface area contributed by atoms with E-state index in [2.05, 4.69) is 40.2 Å². The summed E-state index contributed by atoms with van der Waals surface area (Å²) in [6, 6.07) is 0. The molecular weight excluding hydrogens is 306 g/mol. The van der Waals surface area contributed by atoms with Crippen molar-refractivity contribution in [3.63, 3.8) is 0 Å². The predicted molar refractivity (Wildman–Crippen MR) is 80.2 cm³/mol. The molecule has 1 N–H and O–H groups in total. The first-order chi connectivity index (χ1) is 9.19. The molecule has 5 heteroatoms. The number of ether oxygens (including phenoxy) is 1. The van der Waals surface area contributed by atoms with Crippen LogP contribution in [0.15, 0.2) is 4.47 Å². The standard InChI is InChI=1S/C14H24BrN3O/c1-4-12-14(15)13(18(5-2)17-12)9-19-11-6-10(7-11)8-16-3/h10-11,16H,4-9H2,1-3H3. The fraction of sp³-hybridized carbons (Fsp3) is 0.786. The van der Waals surface area contributed by atoms with Crippen molar-refractivity contribution in [2.45, 2.75) is 52.4 Å². The Morgan fingerprint density at radius 1 is 1.42 bits per heavy atom. The number of rotatable bonds is 7. The summed E-state index contributed by atoms with van der Waals surface area (Å²) in [6.45, 7) is 6.92. The lowest BCUT2D eigenvalue weighted by molar-refractivity contribution is -0.0415. The van der Waals surface area contributed by atoms with Crippen LogP contribution in [0.4, 0.5) is 0 Å². The number of nitrogens with one attached hydrogen (secondary N) is 1. The molecule has 1 aliphatic carbocycles. The normalized spacial score (nSPS) is 22.5. The lowest BCUT2D eigenvalue weighted by Crippen LogP contribution is -2.36. The summed E-state index contributed by atoms with van der Waals surface area (Å²) in [6.07, 6.45) is 3.74. The van der Waals surface area contributed by atoms with Crippen molar-refractivity contribution in [3.05, 3.63) is 15.9 Å². The second-order valence-corrected chi connectivity index (χ2v) is 6.00. The van der Waals surface area contributed by atoms with Crippen molar-refractivity contribution in [1.29, 1.82) is 0 Å². The van der Waals surface area contributed by atoms with Crippen LogP contribution in [0.25, 0.3) is 0 Å². The van der Waals surface area contributed by atoms with Gasteiger partial charge in [-0.2, -0.15) is 5.10 Å². The van der Waals surface area contributed by atoms with Gasteiger partial charge < -0.3 is 10.1 Å². The van der Waals surface area contributed by atoms with E-state index in [9.17, 15) is 0 Å². The van der Waals surface area contributed by atoms with Crippen LogP contribution < -0.4 is 5.32 Å². The number of hydrogen-bond acceptors (Lipinski definition) is 3. The summed E-state index contributed by atoms with van der Waals surface area (Å²) in [5.74, 6) is 0.792. The molecule has 1 fully saturated rings. The molecule has 108 valence electrons. The van der Waals surface area contributed by atoms with Gasteiger partial charge in [-0.25, -0.2) is 0 Å². The Morgan fingerprint density at radius 3 is 2.74 bits per heavy atom. The molecule has 0 radical (unpaired) electrons. The van der Waals surface area contributed by atoms with E-state index in [0.717, 1.165) is 35.6 Å². The van der Waals surface area contributed by atoms with Gasteiger partial charge in [0.15, 0.2) is 0 Å². The molecule has 0 atom stereocenters. The summed E-state index contributed by atoms with van der Waals surface area (Å²) in [5.41, 5.74) is 2.30. The molecule has 1 heterocycles. The quantitative estimate of drug-likeness (QED) is 0.836. The van der Waals surface area contributed by atoms with Gasteiger partial charge in [-0.05, 0) is 61.6 Å². The lowest BCUT2D eigenvalue weighted by Gasteiger charge is -2.35. The molecule has 0 aromatic carbocycles. The zero-order valence-corrected chi connectivity index (χ0v) is 13.7. The van der Waals surface area contributed by atoms with E-state index in [-0.39, 0.29) is 0 Å². The van der Waals surface area contributed by atoms with Gasteiger partial charge in [-0.3, -0.25) is 4.68 Å². The minimum Gasteiger partial charge on any atom is -0.372 e. The Morgan fingerprint density at radius 2 is 2.16 bits per heavy atom. The van der Waals surface area contributed by atoms with Crippen LogP contribution in [-0.2, 0) is 24.3 Å². The molecule has 0 aliphatic heterocycles. The van der Waals surface area contributed by atoms with E-state index < -0.39 is 0 Å². The molecule has 0 unspecified atom stereocenters. The first-order valence-electron chi connectivity index (χ1n) is 7.19. The molecule has 2 rings (SSSR count). The molecule has 1 aromatic heterocycles. The summed E-state index contributed by atoms with van der Waals surface area (Å²) in [7, 11) is 2.01. The largest absolute Gasteiger partial charge is 0.372 e. The number of nitrogens with zero attached hydrogens (tertiary/aromatic N) is 2. The third kappa shape index (κ3) is 3.38. The van der Waals surface area contributed by atoms with Gasteiger partial charge in [0.2, 0.25) is 0 Å². The molecule has 0 spiro atoms. The average molecular weight is 330 g/mol. The molecule has 1 aromatic rings. The van der Waals surface area contributed by atoms with E-state index in [0.29, 0.717) is 12.7 Å². The molecule has 1 saturated carbocycles. The van der Waals surface area contributed by atoms with Crippen LogP contribution in [0, 0.1) is 5.92 Å². The van der Waals surface area contributed by atoms with E-state index in [1.165, 1.54) is 18.5 Å². The van der Waals surface area contributed by atoms with Crippen molar-refractivity contribution in [2.75, 3.05) is 13.6 Å². The van der Waals surface area contributed by atoms with Crippen LogP contribution >= 0.6 is 15.9 Å². The maximum absolute atomic E-state index is 6.00. The fourth-order valence-electron chi connectivity index (χ4n) is 2.62. The van der Waals surface area contributed by atoms with Crippen molar-refractivity contribution in [1.82, 2.24) is 15.1 Å². The number of aromatic nitrogens is 2. The maximum Gasteiger partial charge on any atom is 0.0900 e. The molecule has 19 heavy (non-hydrogen) atoms. The fourth-order valence-corrected chi connectivity index (χ4v) is 3.30. The first-order valence-corrected chi connectivity index (χ1v) is 7.99. The predicted octanol–water partition coefficient (Wildman–Crippen LogP) is 2.74. The Bertz CT molecular complexity index is 413. The summed E-state index contributed by atoms with van der Waals surface area (Å²) in [5, 5.41) is 7.82. The highest BCUT2D eigenvalue weighted by Crippen LogP contribution is 2.31. The SMILES string of the molecule is CCc1nn(CC)c(COC2CC(CNC)C2)c1Br. The molecule has 1 aliphatic rings. The van der Waals surface area contributed by atoms with Gasteiger partial charge in [0.05, 0.1) is 28.6 Å². The van der Waals surface area contributed by atoms with Crippen molar-refractivity contribution in [2.24, 2.45) is 5.92 Å². The third-order valence-electron chi connectivity index (χ3n) is 3.84. The Balaban J connectivity index is 1.88. The Hall–Kier alpha value is -0.390. The minimum absolute atomic E-state index is 0.426. The summed E-state index contributed by atoms with van der Waals surface area (Å²) in [4.78, 5) is 0. The second-order valence-electron chi connectivity index (χ2n) is 5.20. The van der Waals surface area contributed by atoms with E-state index in [1.54, 1.807) is 0 Å². The maximum atomic E-state index is 6.00. The van der Waals surface area contributed by atoms with Crippen LogP contribution in [0.2, 0.25) is 0 Å². The van der Waals surface area contributed by atoms with Gasteiger partial charge >= 0.3 is 0 Å². The molecule has 0 saturated heterocycles. The van der Waals surface area contributed by atoms with Crippen LogP contribution in [0.5, 0.6) is 0 Å². The number of aryl methyl sites for hydroxylation is 2. The van der Waals surface area contributed by atoms with E-state index in [4.69, 9.17) is 4.74 Å². The topological polar surface area (TPSA) is 39.1 Å². The Labute approximate surface area is 124 Å². The molecule has 0 amide bonds. The molecule has 0 bridgehead atoms. The monoisotopic (exact) mass is 329 g/mol. The highest BCUT2D eigenvalue weighted by atomic mass is 79.9. The van der Waals surface area contributed by atoms with Gasteiger partial charge in [0.25, 0.3) is 0 Å². The zero-order valence-electron chi connectivity index (χ0n) is 12.1. The Kier molecular flexibility index (Phi) is 5.42. The minimum atomic E-state index is 0.426. The van der Waals surface area contributed by atoms with Gasteiger partial charge in [-0.1, -0.05) is 6.92 Å². The number of hydrogen-bond donors (Lipinski definition) is 1. The summed E-state index contributed by atoms with van der Waals surface area (Å²) < 4.78 is 9.18. The zero-order chi connectivity index (χ0) is 13.8. The van der Waals surface area contributed by atoms with Crippen LogP contribution in [-0.4, -0.2) is 29.5 Å². The van der Waals surface area contributed by atoms with Crippen LogP contribution in [0.3, 0.4) is 0 Å². The van der Waals surface area contributed by atoms with Crippen LogP contribution in [0.1, 0.15) is 38.1 Å². The van der Waals surface area contributed by atoms with E-state index in [1.807, 2.05) is 11.7 Å². The second kappa shape index (κ2) is 6.86. The average Bonchev–Trinajstić information content (AvgIpc) is 2.68. The van der Waals surface area contributed by atoms with Crippen molar-refractivity contribution >= 4 is 15.9 Å². The van der Waals surface area contributed by atoms with Gasteiger partial charge in [0.1, 0.15) is 0 Å².